The van der Waals surface area contributed by atoms with Gasteiger partial charge in [0, 0.05) is 18.7 Å². The summed E-state index contributed by atoms with van der Waals surface area (Å²) in [6.45, 7) is -0.0233. The Labute approximate surface area is 112 Å². The lowest BCUT2D eigenvalue weighted by Gasteiger charge is -2.10. The normalized spacial score (nSPS) is 10.3. The van der Waals surface area contributed by atoms with E-state index in [1.165, 1.54) is 6.07 Å². The summed E-state index contributed by atoms with van der Waals surface area (Å²) in [4.78, 5) is 11.0. The van der Waals surface area contributed by atoms with Gasteiger partial charge < -0.3 is 10.4 Å². The molecule has 0 bridgehead atoms. The number of benzene rings is 2. The minimum atomic E-state index is -1.28. The summed E-state index contributed by atoms with van der Waals surface area (Å²) in [6.07, 6.45) is 0. The first-order valence-electron chi connectivity index (χ1n) is 5.68. The van der Waals surface area contributed by atoms with Gasteiger partial charge in [-0.2, -0.15) is 0 Å². The molecule has 104 valence electrons. The maximum atomic E-state index is 13.4. The molecule has 2 rings (SSSR count). The lowest BCUT2D eigenvalue weighted by atomic mass is 10.1. The Kier molecular flexibility index (Phi) is 3.93. The van der Waals surface area contributed by atoms with Crippen LogP contribution in [0.4, 0.5) is 18.9 Å². The minimum absolute atomic E-state index is 0.0233. The second-order valence-corrected chi connectivity index (χ2v) is 4.06. The summed E-state index contributed by atoms with van der Waals surface area (Å²) in [5.41, 5.74) is 0.233. The standard InChI is InChI=1S/C14H10F3NO2/c15-10-5-12(17)13(6-11(10)16)18-7-8-3-1-2-4-9(8)14(19)20/h1-6,18H,7H2,(H,19,20). The maximum Gasteiger partial charge on any atom is 0.336 e. The van der Waals surface area contributed by atoms with Gasteiger partial charge in [0.1, 0.15) is 5.82 Å². The molecule has 0 heterocycles. The van der Waals surface area contributed by atoms with Gasteiger partial charge in [-0.15, -0.1) is 0 Å². The minimum Gasteiger partial charge on any atom is -0.478 e. The van der Waals surface area contributed by atoms with Gasteiger partial charge in [-0.25, -0.2) is 18.0 Å². The molecule has 0 saturated heterocycles. The Bertz CT molecular complexity index is 659. The van der Waals surface area contributed by atoms with Crippen LogP contribution in [0.5, 0.6) is 0 Å². The van der Waals surface area contributed by atoms with Gasteiger partial charge in [0.2, 0.25) is 0 Å². The summed E-state index contributed by atoms with van der Waals surface area (Å²) in [7, 11) is 0. The number of hydrogen-bond acceptors (Lipinski definition) is 2. The van der Waals surface area contributed by atoms with Crippen molar-refractivity contribution in [3.05, 3.63) is 65.0 Å². The molecule has 0 aliphatic rings. The molecule has 20 heavy (non-hydrogen) atoms. The van der Waals surface area contributed by atoms with Crippen molar-refractivity contribution in [1.82, 2.24) is 0 Å². The molecule has 0 unspecified atom stereocenters. The third kappa shape index (κ3) is 2.90. The number of halogens is 3. The summed E-state index contributed by atoms with van der Waals surface area (Å²) in [5, 5.41) is 11.5. The van der Waals surface area contributed by atoms with Crippen molar-refractivity contribution >= 4 is 11.7 Å². The molecular weight excluding hydrogens is 271 g/mol. The van der Waals surface area contributed by atoms with Crippen LogP contribution in [0.3, 0.4) is 0 Å². The summed E-state index contributed by atoms with van der Waals surface area (Å²) in [5.74, 6) is -4.52. The van der Waals surface area contributed by atoms with Crippen LogP contribution in [0, 0.1) is 17.5 Å². The van der Waals surface area contributed by atoms with Gasteiger partial charge in [0.05, 0.1) is 11.3 Å². The number of carboxylic acids is 1. The van der Waals surface area contributed by atoms with E-state index in [9.17, 15) is 18.0 Å². The van der Waals surface area contributed by atoms with Crippen molar-refractivity contribution in [2.45, 2.75) is 6.54 Å². The average molecular weight is 281 g/mol. The Balaban J connectivity index is 2.21. The first kappa shape index (κ1) is 13.9. The summed E-state index contributed by atoms with van der Waals surface area (Å²) >= 11 is 0. The molecule has 0 atom stereocenters. The fourth-order valence-corrected chi connectivity index (χ4v) is 1.73. The first-order valence-corrected chi connectivity index (χ1v) is 5.68. The Morgan fingerprint density at radius 3 is 2.40 bits per heavy atom. The van der Waals surface area contributed by atoms with Crippen LogP contribution in [-0.2, 0) is 6.54 Å². The number of carbonyl (C=O) groups is 1. The van der Waals surface area contributed by atoms with E-state index in [1.807, 2.05) is 0 Å². The SMILES string of the molecule is O=C(O)c1ccccc1CNc1cc(F)c(F)cc1F. The maximum absolute atomic E-state index is 13.4. The van der Waals surface area contributed by atoms with Gasteiger partial charge in [-0.05, 0) is 11.6 Å². The zero-order valence-electron chi connectivity index (χ0n) is 10.2. The van der Waals surface area contributed by atoms with Gasteiger partial charge in [0.15, 0.2) is 11.6 Å². The highest BCUT2D eigenvalue weighted by Crippen LogP contribution is 2.20. The van der Waals surface area contributed by atoms with Crippen molar-refractivity contribution in [1.29, 1.82) is 0 Å². The third-order valence-corrected chi connectivity index (χ3v) is 2.73. The van der Waals surface area contributed by atoms with Crippen molar-refractivity contribution in [2.75, 3.05) is 5.32 Å². The molecule has 0 aliphatic carbocycles. The van der Waals surface area contributed by atoms with E-state index in [-0.39, 0.29) is 17.8 Å². The zero-order chi connectivity index (χ0) is 14.7. The van der Waals surface area contributed by atoms with Crippen LogP contribution in [0.15, 0.2) is 36.4 Å². The van der Waals surface area contributed by atoms with Crippen LogP contribution < -0.4 is 5.32 Å². The molecule has 0 aliphatic heterocycles. The Morgan fingerprint density at radius 1 is 1.05 bits per heavy atom. The molecule has 2 aromatic carbocycles. The largest absolute Gasteiger partial charge is 0.478 e. The molecule has 0 spiro atoms. The number of anilines is 1. The lowest BCUT2D eigenvalue weighted by Crippen LogP contribution is -2.08. The van der Waals surface area contributed by atoms with Crippen LogP contribution in [0.2, 0.25) is 0 Å². The Hall–Kier alpha value is -2.50. The number of nitrogens with one attached hydrogen (secondary N) is 1. The van der Waals surface area contributed by atoms with Gasteiger partial charge in [0.25, 0.3) is 0 Å². The lowest BCUT2D eigenvalue weighted by molar-refractivity contribution is 0.0696. The van der Waals surface area contributed by atoms with E-state index >= 15 is 0 Å². The average Bonchev–Trinajstić information content (AvgIpc) is 2.41. The van der Waals surface area contributed by atoms with Crippen molar-refractivity contribution in [2.24, 2.45) is 0 Å². The van der Waals surface area contributed by atoms with E-state index in [1.54, 1.807) is 18.2 Å². The van der Waals surface area contributed by atoms with E-state index in [4.69, 9.17) is 5.11 Å². The van der Waals surface area contributed by atoms with Crippen LogP contribution >= 0.6 is 0 Å². The van der Waals surface area contributed by atoms with E-state index in [0.717, 1.165) is 0 Å². The van der Waals surface area contributed by atoms with Crippen molar-refractivity contribution in [3.63, 3.8) is 0 Å². The zero-order valence-corrected chi connectivity index (χ0v) is 10.2. The molecule has 0 amide bonds. The highest BCUT2D eigenvalue weighted by atomic mass is 19.2. The molecule has 0 radical (unpaired) electrons. The van der Waals surface area contributed by atoms with Crippen molar-refractivity contribution < 1.29 is 23.1 Å². The second-order valence-electron chi connectivity index (χ2n) is 4.06. The number of aromatic carboxylic acids is 1. The molecule has 3 nitrogen and oxygen atoms in total. The van der Waals surface area contributed by atoms with E-state index in [2.05, 4.69) is 5.32 Å². The van der Waals surface area contributed by atoms with Crippen LogP contribution in [0.25, 0.3) is 0 Å². The van der Waals surface area contributed by atoms with Crippen LogP contribution in [0.1, 0.15) is 15.9 Å². The monoisotopic (exact) mass is 281 g/mol. The summed E-state index contributed by atoms with van der Waals surface area (Å²) < 4.78 is 39.2. The molecular formula is C14H10F3NO2. The highest BCUT2D eigenvalue weighted by Gasteiger charge is 2.12. The summed E-state index contributed by atoms with van der Waals surface area (Å²) in [6, 6.07) is 7.26. The van der Waals surface area contributed by atoms with Crippen molar-refractivity contribution in [3.8, 4) is 0 Å². The Morgan fingerprint density at radius 2 is 1.70 bits per heavy atom. The molecule has 2 aromatic rings. The first-order chi connectivity index (χ1) is 9.49. The smallest absolute Gasteiger partial charge is 0.336 e. The van der Waals surface area contributed by atoms with Gasteiger partial charge in [-0.1, -0.05) is 18.2 Å². The van der Waals surface area contributed by atoms with E-state index < -0.39 is 23.4 Å². The number of carboxylic acid groups (broad SMARTS) is 1. The fraction of sp³-hybridized carbons (Fsp3) is 0.0714. The predicted octanol–water partition coefficient (Wildman–Crippen LogP) is 3.41. The van der Waals surface area contributed by atoms with Gasteiger partial charge >= 0.3 is 5.97 Å². The fourth-order valence-electron chi connectivity index (χ4n) is 1.73. The molecule has 2 N–H and O–H groups in total. The number of rotatable bonds is 4. The molecule has 0 aromatic heterocycles. The quantitative estimate of drug-likeness (QED) is 0.844. The molecule has 0 saturated carbocycles. The topological polar surface area (TPSA) is 49.3 Å². The highest BCUT2D eigenvalue weighted by molar-refractivity contribution is 5.89. The second kappa shape index (κ2) is 5.64. The molecule has 6 heteroatoms. The molecule has 0 fully saturated rings. The third-order valence-electron chi connectivity index (χ3n) is 2.73. The number of hydrogen-bond donors (Lipinski definition) is 2. The van der Waals surface area contributed by atoms with Crippen LogP contribution in [-0.4, -0.2) is 11.1 Å². The predicted molar refractivity (Wildman–Crippen MR) is 67.0 cm³/mol. The van der Waals surface area contributed by atoms with Gasteiger partial charge in [-0.3, -0.25) is 0 Å². The van der Waals surface area contributed by atoms with E-state index in [0.29, 0.717) is 17.7 Å².